The lowest BCUT2D eigenvalue weighted by molar-refractivity contribution is -0.109. The number of rotatable bonds is 4. The molecule has 0 aliphatic rings. The molecule has 16 heavy (non-hydrogen) atoms. The summed E-state index contributed by atoms with van der Waals surface area (Å²) in [6, 6.07) is 7.26. The number of para-hydroxylation sites is 1. The highest BCUT2D eigenvalue weighted by molar-refractivity contribution is 8.13. The van der Waals surface area contributed by atoms with Crippen LogP contribution in [0.15, 0.2) is 35.3 Å². The van der Waals surface area contributed by atoms with Crippen LogP contribution in [0, 0.1) is 0 Å². The topological polar surface area (TPSA) is 46.5 Å². The van der Waals surface area contributed by atoms with Gasteiger partial charge in [0.25, 0.3) is 0 Å². The molecule has 0 aliphatic carbocycles. The van der Waals surface area contributed by atoms with Gasteiger partial charge in [-0.3, -0.25) is 4.79 Å². The van der Waals surface area contributed by atoms with E-state index in [-0.39, 0.29) is 5.12 Å². The van der Waals surface area contributed by atoms with Crippen molar-refractivity contribution in [3.63, 3.8) is 0 Å². The van der Waals surface area contributed by atoms with Crippen LogP contribution in [0.3, 0.4) is 0 Å². The Morgan fingerprint density at radius 3 is 2.94 bits per heavy atom. The zero-order valence-corrected chi connectivity index (χ0v) is 9.66. The van der Waals surface area contributed by atoms with Crippen LogP contribution in [0.5, 0.6) is 0 Å². The third-order valence-corrected chi connectivity index (χ3v) is 2.55. The maximum Gasteiger partial charge on any atom is 0.240 e. The number of thioether (sulfide) groups is 1. The van der Waals surface area contributed by atoms with Gasteiger partial charge in [0.05, 0.1) is 5.69 Å². The maximum absolute atomic E-state index is 10.7. The van der Waals surface area contributed by atoms with Crippen molar-refractivity contribution in [1.82, 2.24) is 0 Å². The number of hydrogen-bond acceptors (Lipinski definition) is 4. The van der Waals surface area contributed by atoms with Gasteiger partial charge < -0.3 is 0 Å². The molecule has 0 unspecified atom stereocenters. The van der Waals surface area contributed by atoms with E-state index in [0.29, 0.717) is 11.4 Å². The highest BCUT2D eigenvalue weighted by Crippen LogP contribution is 2.19. The second kappa shape index (κ2) is 6.77. The molecule has 0 bridgehead atoms. The summed E-state index contributed by atoms with van der Waals surface area (Å²) in [4.78, 5) is 24.5. The van der Waals surface area contributed by atoms with Crippen LogP contribution in [0.4, 0.5) is 5.69 Å². The summed E-state index contributed by atoms with van der Waals surface area (Å²) in [5.74, 6) is 0.620. The Morgan fingerprint density at radius 1 is 1.50 bits per heavy atom. The number of carbonyl (C=O) groups is 1. The van der Waals surface area contributed by atoms with Gasteiger partial charge in [-0.2, -0.15) is 4.99 Å². The van der Waals surface area contributed by atoms with E-state index in [0.717, 1.165) is 5.56 Å². The van der Waals surface area contributed by atoms with Gasteiger partial charge in [-0.15, -0.1) is 0 Å². The molecule has 0 N–H and O–H groups in total. The second-order valence-corrected chi connectivity index (χ2v) is 4.16. The standard InChI is InChI=1S/C12H11NO2S/c1-10(15)16-8-4-6-11-5-2-3-7-12(11)13-9-14/h2-7H,8H2,1H3. The number of hydrogen-bond donors (Lipinski definition) is 0. The van der Waals surface area contributed by atoms with Crippen LogP contribution in [-0.2, 0) is 9.59 Å². The fraction of sp³-hybridized carbons (Fsp3) is 0.167. The SMILES string of the molecule is CC(=O)SCC=Cc1ccccc1N=C=O. The fourth-order valence-electron chi connectivity index (χ4n) is 1.12. The van der Waals surface area contributed by atoms with Gasteiger partial charge in [0.2, 0.25) is 6.08 Å². The molecule has 0 saturated heterocycles. The minimum Gasteiger partial charge on any atom is -0.288 e. The molecule has 82 valence electrons. The van der Waals surface area contributed by atoms with E-state index in [1.165, 1.54) is 24.8 Å². The monoisotopic (exact) mass is 233 g/mol. The number of isocyanates is 1. The third kappa shape index (κ3) is 4.26. The Labute approximate surface area is 98.3 Å². The molecule has 4 heteroatoms. The predicted molar refractivity (Wildman–Crippen MR) is 66.4 cm³/mol. The summed E-state index contributed by atoms with van der Waals surface area (Å²) in [5, 5.41) is 0.0869. The first kappa shape index (κ1) is 12.4. The molecule has 0 amide bonds. The normalized spacial score (nSPS) is 10.1. The largest absolute Gasteiger partial charge is 0.288 e. The van der Waals surface area contributed by atoms with Gasteiger partial charge in [-0.1, -0.05) is 42.1 Å². The summed E-state index contributed by atoms with van der Waals surface area (Å²) in [5.41, 5.74) is 1.43. The van der Waals surface area contributed by atoms with E-state index in [2.05, 4.69) is 4.99 Å². The highest BCUT2D eigenvalue weighted by Gasteiger charge is 1.95. The molecular weight excluding hydrogens is 222 g/mol. The molecule has 0 saturated carbocycles. The molecule has 0 radical (unpaired) electrons. The van der Waals surface area contributed by atoms with Crippen molar-refractivity contribution >= 4 is 34.7 Å². The molecule has 3 nitrogen and oxygen atoms in total. The van der Waals surface area contributed by atoms with Crippen LogP contribution >= 0.6 is 11.8 Å². The van der Waals surface area contributed by atoms with E-state index >= 15 is 0 Å². The summed E-state index contributed by atoms with van der Waals surface area (Å²) >= 11 is 1.24. The van der Waals surface area contributed by atoms with Gasteiger partial charge >= 0.3 is 0 Å². The van der Waals surface area contributed by atoms with Crippen molar-refractivity contribution in [2.45, 2.75) is 6.92 Å². The van der Waals surface area contributed by atoms with Crippen molar-refractivity contribution in [1.29, 1.82) is 0 Å². The lowest BCUT2D eigenvalue weighted by Crippen LogP contribution is -1.81. The Morgan fingerprint density at radius 2 is 2.25 bits per heavy atom. The van der Waals surface area contributed by atoms with Crippen molar-refractivity contribution in [2.24, 2.45) is 4.99 Å². The predicted octanol–water partition coefficient (Wildman–Crippen LogP) is 2.95. The van der Waals surface area contributed by atoms with Gasteiger partial charge in [0.15, 0.2) is 5.12 Å². The maximum atomic E-state index is 10.7. The number of aliphatic imine (C=N–C) groups is 1. The van der Waals surface area contributed by atoms with Crippen molar-refractivity contribution in [3.05, 3.63) is 35.9 Å². The van der Waals surface area contributed by atoms with Gasteiger partial charge in [0.1, 0.15) is 0 Å². The molecule has 0 fully saturated rings. The Balaban J connectivity index is 2.72. The number of benzene rings is 1. The summed E-state index contributed by atoms with van der Waals surface area (Å²) in [6.45, 7) is 1.53. The minimum absolute atomic E-state index is 0.0869. The molecule has 1 rings (SSSR count). The minimum atomic E-state index is 0.0869. The second-order valence-electron chi connectivity index (χ2n) is 2.97. The average molecular weight is 233 g/mol. The molecule has 1 aromatic rings. The summed E-state index contributed by atoms with van der Waals surface area (Å²) < 4.78 is 0. The Kier molecular flexibility index (Phi) is 5.26. The van der Waals surface area contributed by atoms with Gasteiger partial charge in [-0.05, 0) is 6.07 Å². The molecule has 0 heterocycles. The third-order valence-electron chi connectivity index (χ3n) is 1.78. The Bertz CT molecular complexity index is 448. The first-order valence-electron chi connectivity index (χ1n) is 4.71. The number of nitrogens with zero attached hydrogens (tertiary/aromatic N) is 1. The van der Waals surface area contributed by atoms with Crippen LogP contribution in [0.1, 0.15) is 12.5 Å². The molecule has 0 spiro atoms. The smallest absolute Gasteiger partial charge is 0.240 e. The van der Waals surface area contributed by atoms with Crippen molar-refractivity contribution in [2.75, 3.05) is 5.75 Å². The zero-order valence-electron chi connectivity index (χ0n) is 8.84. The van der Waals surface area contributed by atoms with Crippen LogP contribution in [0.25, 0.3) is 6.08 Å². The summed E-state index contributed by atoms with van der Waals surface area (Å²) in [7, 11) is 0. The van der Waals surface area contributed by atoms with Crippen LogP contribution in [-0.4, -0.2) is 16.9 Å². The summed E-state index contributed by atoms with van der Waals surface area (Å²) in [6.07, 6.45) is 5.22. The number of carbonyl (C=O) groups excluding carboxylic acids is 2. The Hall–Kier alpha value is -1.64. The van der Waals surface area contributed by atoms with E-state index in [1.807, 2.05) is 24.3 Å². The average Bonchev–Trinajstić information content (AvgIpc) is 2.26. The molecule has 1 aromatic carbocycles. The molecule has 0 atom stereocenters. The molecule has 0 aliphatic heterocycles. The molecule has 0 aromatic heterocycles. The molecular formula is C12H11NO2S. The van der Waals surface area contributed by atoms with Gasteiger partial charge in [-0.25, -0.2) is 4.79 Å². The fourth-order valence-corrected chi connectivity index (χ4v) is 1.55. The first-order valence-corrected chi connectivity index (χ1v) is 5.69. The highest BCUT2D eigenvalue weighted by atomic mass is 32.2. The van der Waals surface area contributed by atoms with E-state index < -0.39 is 0 Å². The lowest BCUT2D eigenvalue weighted by atomic mass is 10.2. The van der Waals surface area contributed by atoms with Crippen molar-refractivity contribution in [3.8, 4) is 0 Å². The van der Waals surface area contributed by atoms with E-state index in [9.17, 15) is 9.59 Å². The first-order chi connectivity index (χ1) is 7.74. The van der Waals surface area contributed by atoms with Crippen LogP contribution in [0.2, 0.25) is 0 Å². The van der Waals surface area contributed by atoms with Crippen molar-refractivity contribution < 1.29 is 9.59 Å². The zero-order chi connectivity index (χ0) is 11.8. The van der Waals surface area contributed by atoms with Gasteiger partial charge in [0, 0.05) is 18.2 Å². The van der Waals surface area contributed by atoms with E-state index in [1.54, 1.807) is 12.1 Å². The lowest BCUT2D eigenvalue weighted by Gasteiger charge is -1.97. The van der Waals surface area contributed by atoms with E-state index in [4.69, 9.17) is 0 Å². The van der Waals surface area contributed by atoms with Crippen LogP contribution < -0.4 is 0 Å². The quantitative estimate of drug-likeness (QED) is 0.593.